The summed E-state index contributed by atoms with van der Waals surface area (Å²) in [4.78, 5) is 26.8. The molecule has 0 bridgehead atoms. The lowest BCUT2D eigenvalue weighted by Crippen LogP contribution is -2.41. The van der Waals surface area contributed by atoms with E-state index in [9.17, 15) is 22.8 Å². The Balaban J connectivity index is 1.35. The summed E-state index contributed by atoms with van der Waals surface area (Å²) in [5.74, 6) is 0.262. The summed E-state index contributed by atoms with van der Waals surface area (Å²) in [5.41, 5.74) is -3.87. The van der Waals surface area contributed by atoms with Crippen LogP contribution >= 0.6 is 11.8 Å². The number of piperidine rings is 1. The lowest BCUT2D eigenvalue weighted by atomic mass is 9.95. The number of halogens is 3. The number of nitrogens with one attached hydrogen (secondary N) is 1. The van der Waals surface area contributed by atoms with Crippen LogP contribution in [0, 0.1) is 5.92 Å². The highest BCUT2D eigenvalue weighted by atomic mass is 32.2. The van der Waals surface area contributed by atoms with E-state index in [0.29, 0.717) is 43.1 Å². The number of anilines is 1. The number of carbonyl (C=O) groups is 2. The molecule has 10 heteroatoms. The van der Waals surface area contributed by atoms with Gasteiger partial charge in [-0.2, -0.15) is 13.2 Å². The number of benzene rings is 2. The number of alkyl halides is 3. The zero-order chi connectivity index (χ0) is 22.0. The second kappa shape index (κ2) is 8.70. The monoisotopic (exact) mass is 452 g/mol. The second-order valence-corrected chi connectivity index (χ2v) is 8.27. The van der Waals surface area contributed by atoms with Crippen molar-refractivity contribution in [1.82, 2.24) is 4.90 Å². The molecule has 0 saturated carbocycles. The highest BCUT2D eigenvalue weighted by Crippen LogP contribution is 2.39. The van der Waals surface area contributed by atoms with Gasteiger partial charge in [-0.05, 0) is 48.9 Å². The molecule has 164 valence electrons. The summed E-state index contributed by atoms with van der Waals surface area (Å²) in [6.45, 7) is 0.732. The summed E-state index contributed by atoms with van der Waals surface area (Å²) >= 11 is -0.296. The van der Waals surface area contributed by atoms with Crippen molar-refractivity contribution in [3.8, 4) is 11.5 Å². The fourth-order valence-corrected chi connectivity index (χ4v) is 4.25. The average molecular weight is 452 g/mol. The van der Waals surface area contributed by atoms with Gasteiger partial charge in [-0.1, -0.05) is 12.1 Å². The highest BCUT2D eigenvalue weighted by Gasteiger charge is 2.33. The average Bonchev–Trinajstić information content (AvgIpc) is 3.20. The maximum absolute atomic E-state index is 12.8. The van der Waals surface area contributed by atoms with Crippen molar-refractivity contribution in [1.29, 1.82) is 0 Å². The number of rotatable bonds is 4. The first-order valence-electron chi connectivity index (χ1n) is 9.65. The van der Waals surface area contributed by atoms with Crippen molar-refractivity contribution in [2.75, 3.05) is 25.2 Å². The molecule has 1 saturated heterocycles. The van der Waals surface area contributed by atoms with Crippen molar-refractivity contribution >= 4 is 29.3 Å². The number of hydrogen-bond donors (Lipinski definition) is 1. The van der Waals surface area contributed by atoms with Crippen LogP contribution in [0.3, 0.4) is 0 Å². The molecule has 2 amide bonds. The molecule has 2 aliphatic heterocycles. The van der Waals surface area contributed by atoms with Crippen LogP contribution in [-0.4, -0.2) is 42.1 Å². The zero-order valence-corrected chi connectivity index (χ0v) is 17.1. The lowest BCUT2D eigenvalue weighted by Gasteiger charge is -2.31. The van der Waals surface area contributed by atoms with Gasteiger partial charge in [-0.3, -0.25) is 9.59 Å². The van der Waals surface area contributed by atoms with Gasteiger partial charge in [0.15, 0.2) is 11.5 Å². The number of hydrogen-bond acceptors (Lipinski definition) is 5. The lowest BCUT2D eigenvalue weighted by molar-refractivity contribution is -0.121. The number of carbonyl (C=O) groups excluding carboxylic acids is 2. The molecule has 6 nitrogen and oxygen atoms in total. The molecule has 0 aromatic heterocycles. The molecular formula is C21H19F3N2O4S. The summed E-state index contributed by atoms with van der Waals surface area (Å²) in [5, 5.41) is 2.85. The van der Waals surface area contributed by atoms with E-state index in [-0.39, 0.29) is 40.8 Å². The van der Waals surface area contributed by atoms with Gasteiger partial charge in [0, 0.05) is 35.7 Å². The third-order valence-corrected chi connectivity index (χ3v) is 5.94. The van der Waals surface area contributed by atoms with Crippen molar-refractivity contribution < 1.29 is 32.2 Å². The first-order chi connectivity index (χ1) is 14.8. The summed E-state index contributed by atoms with van der Waals surface area (Å²) in [6.07, 6.45) is 0.855. The Labute approximate surface area is 180 Å². The Morgan fingerprint density at radius 1 is 1.03 bits per heavy atom. The largest absolute Gasteiger partial charge is 0.454 e. The van der Waals surface area contributed by atoms with Crippen LogP contribution in [0.4, 0.5) is 18.9 Å². The van der Waals surface area contributed by atoms with Crippen molar-refractivity contribution in [2.45, 2.75) is 23.2 Å². The third kappa shape index (κ3) is 5.07. The molecule has 2 aromatic carbocycles. The Morgan fingerprint density at radius 2 is 1.74 bits per heavy atom. The molecule has 2 heterocycles. The van der Waals surface area contributed by atoms with Gasteiger partial charge >= 0.3 is 5.51 Å². The number of likely N-dealkylation sites (tertiary alicyclic amines) is 1. The van der Waals surface area contributed by atoms with E-state index in [0.717, 1.165) is 0 Å². The fourth-order valence-electron chi connectivity index (χ4n) is 3.59. The minimum absolute atomic E-state index is 0.0214. The molecule has 0 radical (unpaired) electrons. The van der Waals surface area contributed by atoms with Gasteiger partial charge in [-0.15, -0.1) is 0 Å². The molecule has 0 atom stereocenters. The summed E-state index contributed by atoms with van der Waals surface area (Å²) < 4.78 is 48.9. The maximum atomic E-state index is 12.8. The molecular weight excluding hydrogens is 433 g/mol. The Bertz CT molecular complexity index is 991. The van der Waals surface area contributed by atoms with E-state index in [4.69, 9.17) is 9.47 Å². The number of nitrogens with zero attached hydrogens (tertiary/aromatic N) is 1. The van der Waals surface area contributed by atoms with Crippen molar-refractivity contribution in [3.05, 3.63) is 48.0 Å². The molecule has 2 aromatic rings. The van der Waals surface area contributed by atoms with Gasteiger partial charge in [0.25, 0.3) is 5.91 Å². The summed E-state index contributed by atoms with van der Waals surface area (Å²) in [6, 6.07) is 10.8. The SMILES string of the molecule is O=C(Nc1ccc2c(c1)OCO2)C1CCN(C(=O)c2ccccc2SC(F)(F)F)CC1. The molecule has 1 N–H and O–H groups in total. The molecule has 4 rings (SSSR count). The number of amides is 2. The van der Waals surface area contributed by atoms with Crippen LogP contribution in [0.15, 0.2) is 47.4 Å². The Hall–Kier alpha value is -2.88. The van der Waals surface area contributed by atoms with E-state index in [1.807, 2.05) is 0 Å². The Morgan fingerprint density at radius 3 is 2.48 bits per heavy atom. The standard InChI is InChI=1S/C21H19F3N2O4S/c22-21(23,24)31-18-4-2-1-3-15(18)20(28)26-9-7-13(8-10-26)19(27)25-14-5-6-16-17(11-14)30-12-29-16/h1-6,11,13H,7-10,12H2,(H,25,27). The minimum atomic E-state index is -4.48. The summed E-state index contributed by atoms with van der Waals surface area (Å²) in [7, 11) is 0. The van der Waals surface area contributed by atoms with E-state index >= 15 is 0 Å². The zero-order valence-electron chi connectivity index (χ0n) is 16.3. The van der Waals surface area contributed by atoms with E-state index < -0.39 is 11.4 Å². The first kappa shape index (κ1) is 21.4. The maximum Gasteiger partial charge on any atom is 0.446 e. The smallest absolute Gasteiger partial charge is 0.446 e. The van der Waals surface area contributed by atoms with Crippen molar-refractivity contribution in [3.63, 3.8) is 0 Å². The van der Waals surface area contributed by atoms with Gasteiger partial charge in [0.2, 0.25) is 12.7 Å². The van der Waals surface area contributed by atoms with Gasteiger partial charge in [-0.25, -0.2) is 0 Å². The predicted octanol–water partition coefficient (Wildman–Crippen LogP) is 4.52. The van der Waals surface area contributed by atoms with E-state index in [1.165, 1.54) is 23.1 Å². The highest BCUT2D eigenvalue weighted by molar-refractivity contribution is 8.00. The number of fused-ring (bicyclic) bond motifs is 1. The second-order valence-electron chi connectivity index (χ2n) is 7.17. The van der Waals surface area contributed by atoms with Crippen LogP contribution in [0.25, 0.3) is 0 Å². The molecule has 0 spiro atoms. The van der Waals surface area contributed by atoms with E-state index in [2.05, 4.69) is 5.32 Å². The molecule has 31 heavy (non-hydrogen) atoms. The van der Waals surface area contributed by atoms with Crippen LogP contribution < -0.4 is 14.8 Å². The normalized spacial score (nSPS) is 16.3. The van der Waals surface area contributed by atoms with Crippen molar-refractivity contribution in [2.24, 2.45) is 5.92 Å². The molecule has 1 fully saturated rings. The quantitative estimate of drug-likeness (QED) is 0.691. The van der Waals surface area contributed by atoms with Gasteiger partial charge in [0.1, 0.15) is 0 Å². The fraction of sp³-hybridized carbons (Fsp3) is 0.333. The third-order valence-electron chi connectivity index (χ3n) is 5.14. The number of thioether (sulfide) groups is 1. The van der Waals surface area contributed by atoms with Crippen LogP contribution in [-0.2, 0) is 4.79 Å². The minimum Gasteiger partial charge on any atom is -0.454 e. The van der Waals surface area contributed by atoms with Gasteiger partial charge < -0.3 is 19.7 Å². The molecule has 2 aliphatic rings. The van der Waals surface area contributed by atoms with Crippen LogP contribution in [0.2, 0.25) is 0 Å². The molecule has 0 aliphatic carbocycles. The van der Waals surface area contributed by atoms with E-state index in [1.54, 1.807) is 24.3 Å². The Kier molecular flexibility index (Phi) is 5.99. The van der Waals surface area contributed by atoms with Crippen LogP contribution in [0.5, 0.6) is 11.5 Å². The first-order valence-corrected chi connectivity index (χ1v) is 10.5. The molecule has 0 unspecified atom stereocenters. The van der Waals surface area contributed by atoms with Crippen LogP contribution in [0.1, 0.15) is 23.2 Å². The number of ether oxygens (including phenoxy) is 2. The topological polar surface area (TPSA) is 67.9 Å². The van der Waals surface area contributed by atoms with Gasteiger partial charge in [0.05, 0.1) is 5.56 Å². The predicted molar refractivity (Wildman–Crippen MR) is 108 cm³/mol.